The molecule has 0 heterocycles. The summed E-state index contributed by atoms with van der Waals surface area (Å²) in [4.78, 5) is 0. The van der Waals surface area contributed by atoms with Gasteiger partial charge in [-0.2, -0.15) is 0 Å². The number of hydrogen-bond acceptors (Lipinski definition) is 3. The van der Waals surface area contributed by atoms with E-state index in [1.807, 2.05) is 0 Å². The van der Waals surface area contributed by atoms with Gasteiger partial charge in [0.2, 0.25) is 0 Å². The van der Waals surface area contributed by atoms with Crippen LogP contribution in [0.2, 0.25) is 10.0 Å². The number of benzene rings is 1. The molecule has 0 spiro atoms. The van der Waals surface area contributed by atoms with Gasteiger partial charge in [-0.05, 0) is 37.8 Å². The number of aliphatic hydroxyl groups excluding tert-OH is 1. The lowest BCUT2D eigenvalue weighted by atomic mass is 10.2. The van der Waals surface area contributed by atoms with E-state index in [-0.39, 0.29) is 6.61 Å². The van der Waals surface area contributed by atoms with Crippen molar-refractivity contribution in [1.29, 1.82) is 0 Å². The van der Waals surface area contributed by atoms with Gasteiger partial charge < -0.3 is 15.2 Å². The van der Waals surface area contributed by atoms with Crippen LogP contribution in [0, 0.1) is 5.92 Å². The predicted molar refractivity (Wildman–Crippen MR) is 78.2 cm³/mol. The highest BCUT2D eigenvalue weighted by atomic mass is 35.5. The third-order valence-corrected chi connectivity index (χ3v) is 3.94. The zero-order valence-electron chi connectivity index (χ0n) is 10.9. The number of hydrogen-bond donors (Lipinski definition) is 2. The Bertz CT molecular complexity index is 404. The summed E-state index contributed by atoms with van der Waals surface area (Å²) in [5, 5.41) is 14.1. The molecule has 1 aliphatic carbocycles. The van der Waals surface area contributed by atoms with Gasteiger partial charge in [0.05, 0.1) is 10.0 Å². The summed E-state index contributed by atoms with van der Waals surface area (Å²) in [5.74, 6) is 1.20. The van der Waals surface area contributed by atoms with Crippen LogP contribution >= 0.6 is 23.2 Å². The van der Waals surface area contributed by atoms with Crippen LogP contribution < -0.4 is 10.1 Å². The lowest BCUT2D eigenvalue weighted by Gasteiger charge is -2.18. The van der Waals surface area contributed by atoms with Gasteiger partial charge in [-0.25, -0.2) is 0 Å². The fourth-order valence-electron chi connectivity index (χ4n) is 1.94. The highest BCUT2D eigenvalue weighted by Crippen LogP contribution is 2.33. The number of rotatable bonds is 7. The number of nitrogens with one attached hydrogen (secondary N) is 1. The molecule has 1 aromatic rings. The first-order valence-corrected chi connectivity index (χ1v) is 7.31. The highest BCUT2D eigenvalue weighted by molar-refractivity contribution is 6.37. The smallest absolute Gasteiger partial charge is 0.156 e. The van der Waals surface area contributed by atoms with Crippen LogP contribution in [0.25, 0.3) is 0 Å². The Labute approximate surface area is 123 Å². The summed E-state index contributed by atoms with van der Waals surface area (Å²) in [6.07, 6.45) is 2.00. The van der Waals surface area contributed by atoms with Crippen molar-refractivity contribution >= 4 is 23.2 Å². The van der Waals surface area contributed by atoms with Gasteiger partial charge in [0.15, 0.2) is 5.75 Å². The van der Waals surface area contributed by atoms with Gasteiger partial charge in [-0.15, -0.1) is 0 Å². The molecule has 1 saturated carbocycles. The van der Waals surface area contributed by atoms with E-state index in [0.29, 0.717) is 28.4 Å². The minimum atomic E-state index is -0.575. The molecule has 2 rings (SSSR count). The maximum absolute atomic E-state index is 9.87. The van der Waals surface area contributed by atoms with Crippen LogP contribution in [0.1, 0.15) is 19.8 Å². The fraction of sp³-hybridized carbons (Fsp3) is 0.571. The molecule has 0 aromatic heterocycles. The van der Waals surface area contributed by atoms with Gasteiger partial charge in [-0.3, -0.25) is 0 Å². The van der Waals surface area contributed by atoms with Crippen molar-refractivity contribution in [3.8, 4) is 5.75 Å². The van der Waals surface area contributed by atoms with Crippen LogP contribution in [0.15, 0.2) is 18.2 Å². The summed E-state index contributed by atoms with van der Waals surface area (Å²) in [7, 11) is 0. The monoisotopic (exact) mass is 303 g/mol. The van der Waals surface area contributed by atoms with E-state index in [2.05, 4.69) is 12.2 Å². The molecule has 3 nitrogen and oxygen atoms in total. The van der Waals surface area contributed by atoms with E-state index in [1.165, 1.54) is 12.8 Å². The van der Waals surface area contributed by atoms with E-state index in [9.17, 15) is 5.11 Å². The average molecular weight is 304 g/mol. The first-order valence-electron chi connectivity index (χ1n) is 6.56. The Hall–Kier alpha value is -0.480. The maximum Gasteiger partial charge on any atom is 0.156 e. The Morgan fingerprint density at radius 1 is 1.37 bits per heavy atom. The van der Waals surface area contributed by atoms with Crippen LogP contribution in [0.5, 0.6) is 5.75 Å². The zero-order valence-corrected chi connectivity index (χ0v) is 12.4. The third-order valence-electron chi connectivity index (χ3n) is 3.34. The number of aliphatic hydroxyl groups is 1. The molecule has 0 bridgehead atoms. The second-order valence-electron chi connectivity index (χ2n) is 5.05. The third kappa shape index (κ3) is 4.53. The van der Waals surface area contributed by atoms with Gasteiger partial charge >= 0.3 is 0 Å². The summed E-state index contributed by atoms with van der Waals surface area (Å²) in [6.45, 7) is 2.84. The highest BCUT2D eigenvalue weighted by Gasteiger charge is 2.27. The first kappa shape index (κ1) is 14.9. The van der Waals surface area contributed by atoms with Crippen molar-refractivity contribution in [1.82, 2.24) is 5.32 Å². The van der Waals surface area contributed by atoms with E-state index in [1.54, 1.807) is 18.2 Å². The first-order chi connectivity index (χ1) is 9.08. The molecule has 1 aromatic carbocycles. The molecular formula is C14H19Cl2NO2. The van der Waals surface area contributed by atoms with Crippen LogP contribution in [0.4, 0.5) is 0 Å². The molecule has 1 fully saturated rings. The molecule has 1 aliphatic rings. The van der Waals surface area contributed by atoms with Crippen LogP contribution in [-0.2, 0) is 0 Å². The van der Waals surface area contributed by atoms with Crippen molar-refractivity contribution in [2.45, 2.75) is 31.9 Å². The molecular weight excluding hydrogens is 285 g/mol. The Kier molecular flexibility index (Phi) is 5.34. The SMILES string of the molecule is CC(NCC(O)COc1c(Cl)cccc1Cl)C1CC1. The number of para-hydroxylation sites is 1. The number of ether oxygens (including phenoxy) is 1. The molecule has 2 atom stereocenters. The van der Waals surface area contributed by atoms with E-state index >= 15 is 0 Å². The van der Waals surface area contributed by atoms with E-state index < -0.39 is 6.10 Å². The molecule has 0 aliphatic heterocycles. The molecule has 2 N–H and O–H groups in total. The fourth-order valence-corrected chi connectivity index (χ4v) is 2.45. The average Bonchev–Trinajstić information content (AvgIpc) is 3.19. The largest absolute Gasteiger partial charge is 0.488 e. The van der Waals surface area contributed by atoms with Crippen molar-refractivity contribution < 1.29 is 9.84 Å². The standard InChI is InChI=1S/C14H19Cl2NO2/c1-9(10-5-6-10)17-7-11(18)8-19-14-12(15)3-2-4-13(14)16/h2-4,9-11,17-18H,5-8H2,1H3. The van der Waals surface area contributed by atoms with Gasteiger partial charge in [-0.1, -0.05) is 29.3 Å². The Balaban J connectivity index is 1.74. The lowest BCUT2D eigenvalue weighted by molar-refractivity contribution is 0.103. The van der Waals surface area contributed by atoms with Gasteiger partial charge in [0.1, 0.15) is 12.7 Å². The Morgan fingerprint density at radius 2 is 2.00 bits per heavy atom. The quantitative estimate of drug-likeness (QED) is 0.813. The summed E-state index contributed by atoms with van der Waals surface area (Å²) in [6, 6.07) is 5.64. The summed E-state index contributed by atoms with van der Waals surface area (Å²) < 4.78 is 5.48. The predicted octanol–water partition coefficient (Wildman–Crippen LogP) is 3.12. The second kappa shape index (κ2) is 6.80. The zero-order chi connectivity index (χ0) is 13.8. The topological polar surface area (TPSA) is 41.5 Å². The van der Waals surface area contributed by atoms with Crippen LogP contribution in [-0.4, -0.2) is 30.4 Å². The van der Waals surface area contributed by atoms with E-state index in [0.717, 1.165) is 5.92 Å². The number of halogens is 2. The molecule has 0 radical (unpaired) electrons. The van der Waals surface area contributed by atoms with Gasteiger partial charge in [0, 0.05) is 12.6 Å². The van der Waals surface area contributed by atoms with Crippen molar-refractivity contribution in [2.24, 2.45) is 5.92 Å². The minimum absolute atomic E-state index is 0.174. The molecule has 106 valence electrons. The van der Waals surface area contributed by atoms with E-state index in [4.69, 9.17) is 27.9 Å². The van der Waals surface area contributed by atoms with Gasteiger partial charge in [0.25, 0.3) is 0 Å². The summed E-state index contributed by atoms with van der Waals surface area (Å²) in [5.41, 5.74) is 0. The van der Waals surface area contributed by atoms with Crippen molar-refractivity contribution in [3.63, 3.8) is 0 Å². The summed E-state index contributed by atoms with van der Waals surface area (Å²) >= 11 is 12.0. The molecule has 0 saturated heterocycles. The van der Waals surface area contributed by atoms with Crippen molar-refractivity contribution in [3.05, 3.63) is 28.2 Å². The normalized spacial score (nSPS) is 18.1. The maximum atomic E-state index is 9.87. The lowest BCUT2D eigenvalue weighted by Crippen LogP contribution is -2.37. The van der Waals surface area contributed by atoms with Crippen molar-refractivity contribution in [2.75, 3.05) is 13.2 Å². The Morgan fingerprint density at radius 3 is 2.58 bits per heavy atom. The molecule has 0 amide bonds. The second-order valence-corrected chi connectivity index (χ2v) is 5.86. The molecule has 5 heteroatoms. The molecule has 19 heavy (non-hydrogen) atoms. The van der Waals surface area contributed by atoms with Crippen LogP contribution in [0.3, 0.4) is 0 Å². The molecule has 2 unspecified atom stereocenters. The minimum Gasteiger partial charge on any atom is -0.488 e.